The van der Waals surface area contributed by atoms with Gasteiger partial charge in [0.15, 0.2) is 0 Å². The fourth-order valence-corrected chi connectivity index (χ4v) is 3.07. The summed E-state index contributed by atoms with van der Waals surface area (Å²) < 4.78 is 40.2. The van der Waals surface area contributed by atoms with Gasteiger partial charge in [-0.3, -0.25) is 9.48 Å². The second-order valence-corrected chi connectivity index (χ2v) is 6.57. The van der Waals surface area contributed by atoms with Crippen LogP contribution in [0.15, 0.2) is 18.5 Å². The van der Waals surface area contributed by atoms with E-state index in [4.69, 9.17) is 0 Å². The number of aromatic nitrogens is 2. The molecule has 4 atom stereocenters. The number of nitrogens with zero attached hydrogens (tertiary/aromatic N) is 2. The molecule has 2 rings (SSSR count). The summed E-state index contributed by atoms with van der Waals surface area (Å²) in [6.45, 7) is 4.01. The summed E-state index contributed by atoms with van der Waals surface area (Å²) >= 11 is 0. The van der Waals surface area contributed by atoms with Gasteiger partial charge >= 0.3 is 6.18 Å². The van der Waals surface area contributed by atoms with Crippen molar-refractivity contribution in [3.63, 3.8) is 0 Å². The molecule has 0 saturated heterocycles. The van der Waals surface area contributed by atoms with Crippen LogP contribution in [0.4, 0.5) is 13.2 Å². The number of alkyl halides is 3. The van der Waals surface area contributed by atoms with Gasteiger partial charge in [-0.25, -0.2) is 0 Å². The average Bonchev–Trinajstić information content (AvgIpc) is 3.05. The summed E-state index contributed by atoms with van der Waals surface area (Å²) in [5.41, 5.74) is 0. The van der Waals surface area contributed by atoms with Gasteiger partial charge in [-0.1, -0.05) is 6.42 Å². The Kier molecular flexibility index (Phi) is 6.26. The molecule has 0 spiro atoms. The lowest BCUT2D eigenvalue weighted by Crippen LogP contribution is -2.46. The fourth-order valence-electron chi connectivity index (χ4n) is 3.07. The van der Waals surface area contributed by atoms with Crippen molar-refractivity contribution in [1.29, 1.82) is 0 Å². The topological polar surface area (TPSA) is 59.0 Å². The Labute approximate surface area is 140 Å². The molecular weight excluding hydrogens is 321 g/mol. The van der Waals surface area contributed by atoms with Gasteiger partial charge in [0.1, 0.15) is 0 Å². The molecule has 1 aliphatic rings. The maximum atomic E-state index is 12.8. The van der Waals surface area contributed by atoms with E-state index >= 15 is 0 Å². The number of rotatable bonds is 6. The molecule has 1 aliphatic carbocycles. The summed E-state index contributed by atoms with van der Waals surface area (Å²) in [6.07, 6.45) is 0.613. The van der Waals surface area contributed by atoms with Gasteiger partial charge in [0, 0.05) is 24.5 Å². The van der Waals surface area contributed by atoms with Gasteiger partial charge in [0.2, 0.25) is 5.91 Å². The molecule has 0 aromatic carbocycles. The lowest BCUT2D eigenvalue weighted by molar-refractivity contribution is -0.184. The van der Waals surface area contributed by atoms with Crippen LogP contribution in [0.25, 0.3) is 0 Å². The van der Waals surface area contributed by atoms with Crippen molar-refractivity contribution in [2.75, 3.05) is 6.54 Å². The maximum absolute atomic E-state index is 12.8. The maximum Gasteiger partial charge on any atom is 0.391 e. The smallest absolute Gasteiger partial charge is 0.352 e. The highest BCUT2D eigenvalue weighted by atomic mass is 19.4. The Morgan fingerprint density at radius 3 is 2.75 bits per heavy atom. The van der Waals surface area contributed by atoms with E-state index in [1.807, 2.05) is 26.1 Å². The largest absolute Gasteiger partial charge is 0.391 e. The van der Waals surface area contributed by atoms with Crippen molar-refractivity contribution >= 4 is 5.91 Å². The van der Waals surface area contributed by atoms with Gasteiger partial charge in [-0.15, -0.1) is 0 Å². The molecule has 24 heavy (non-hydrogen) atoms. The summed E-state index contributed by atoms with van der Waals surface area (Å²) in [5, 5.41) is 9.99. The second kappa shape index (κ2) is 8.00. The van der Waals surface area contributed by atoms with Gasteiger partial charge in [-0.05, 0) is 39.2 Å². The number of nitrogens with one attached hydrogen (secondary N) is 2. The molecule has 0 bridgehead atoms. The Bertz CT molecular complexity index is 518. The van der Waals surface area contributed by atoms with E-state index in [9.17, 15) is 18.0 Å². The normalized spacial score (nSPS) is 24.4. The molecule has 8 heteroatoms. The molecular formula is C16H25F3N4O. The van der Waals surface area contributed by atoms with Crippen LogP contribution >= 0.6 is 0 Å². The molecule has 1 aromatic heterocycles. The van der Waals surface area contributed by atoms with E-state index < -0.39 is 18.1 Å². The van der Waals surface area contributed by atoms with E-state index in [0.717, 1.165) is 0 Å². The summed E-state index contributed by atoms with van der Waals surface area (Å²) in [7, 11) is 0. The number of carbonyl (C=O) groups excluding carboxylic acids is 1. The number of halogens is 3. The summed E-state index contributed by atoms with van der Waals surface area (Å²) in [5.74, 6) is -1.56. The van der Waals surface area contributed by atoms with Crippen molar-refractivity contribution in [1.82, 2.24) is 20.4 Å². The zero-order valence-corrected chi connectivity index (χ0v) is 14.0. The molecule has 1 fully saturated rings. The minimum atomic E-state index is -4.17. The quantitative estimate of drug-likeness (QED) is 0.833. The fraction of sp³-hybridized carbons (Fsp3) is 0.750. The highest BCUT2D eigenvalue weighted by Crippen LogP contribution is 2.37. The first-order valence-corrected chi connectivity index (χ1v) is 8.36. The summed E-state index contributed by atoms with van der Waals surface area (Å²) in [6, 6.07) is 1.51. The molecule has 1 amide bonds. The van der Waals surface area contributed by atoms with Crippen LogP contribution in [-0.2, 0) is 4.79 Å². The van der Waals surface area contributed by atoms with Crippen molar-refractivity contribution in [2.45, 2.75) is 63.8 Å². The number of carbonyl (C=O) groups is 1. The van der Waals surface area contributed by atoms with Crippen LogP contribution < -0.4 is 10.6 Å². The van der Waals surface area contributed by atoms with Crippen LogP contribution in [-0.4, -0.2) is 40.5 Å². The van der Waals surface area contributed by atoms with Crippen molar-refractivity contribution in [3.05, 3.63) is 18.5 Å². The molecule has 5 nitrogen and oxygen atoms in total. The van der Waals surface area contributed by atoms with Crippen molar-refractivity contribution in [2.24, 2.45) is 5.92 Å². The first-order chi connectivity index (χ1) is 11.3. The molecule has 1 aromatic rings. The van der Waals surface area contributed by atoms with Crippen LogP contribution in [0.2, 0.25) is 0 Å². The van der Waals surface area contributed by atoms with E-state index in [-0.39, 0.29) is 37.4 Å². The first kappa shape index (κ1) is 18.8. The summed E-state index contributed by atoms with van der Waals surface area (Å²) in [4.78, 5) is 12.0. The van der Waals surface area contributed by atoms with E-state index in [2.05, 4.69) is 15.7 Å². The molecule has 0 aliphatic heterocycles. The van der Waals surface area contributed by atoms with Crippen LogP contribution in [0.5, 0.6) is 0 Å². The van der Waals surface area contributed by atoms with Crippen LogP contribution in [0.1, 0.15) is 45.6 Å². The minimum absolute atomic E-state index is 0.00456. The molecule has 2 N–H and O–H groups in total. The SMILES string of the molecule is C[C@H](NCC(=O)N[C@@H]1CCC[C@H](C(F)(F)F)C1)[C@H](C)n1cccn1. The number of hydrogen-bond acceptors (Lipinski definition) is 3. The number of amides is 1. The molecule has 0 unspecified atom stereocenters. The molecule has 136 valence electrons. The zero-order chi connectivity index (χ0) is 17.7. The third kappa shape index (κ3) is 5.22. The third-order valence-corrected chi connectivity index (χ3v) is 4.75. The third-order valence-electron chi connectivity index (χ3n) is 4.75. The highest BCUT2D eigenvalue weighted by Gasteiger charge is 2.42. The second-order valence-electron chi connectivity index (χ2n) is 6.57. The lowest BCUT2D eigenvalue weighted by Gasteiger charge is -2.31. The van der Waals surface area contributed by atoms with E-state index in [1.165, 1.54) is 0 Å². The van der Waals surface area contributed by atoms with Gasteiger partial charge in [-0.2, -0.15) is 18.3 Å². The predicted octanol–water partition coefficient (Wildman–Crippen LogP) is 2.66. The van der Waals surface area contributed by atoms with Crippen LogP contribution in [0, 0.1) is 5.92 Å². The zero-order valence-electron chi connectivity index (χ0n) is 14.0. The molecule has 1 saturated carbocycles. The number of hydrogen-bond donors (Lipinski definition) is 2. The Morgan fingerprint density at radius 1 is 1.38 bits per heavy atom. The van der Waals surface area contributed by atoms with Crippen molar-refractivity contribution < 1.29 is 18.0 Å². The monoisotopic (exact) mass is 346 g/mol. The Hall–Kier alpha value is -1.57. The van der Waals surface area contributed by atoms with Gasteiger partial charge in [0.05, 0.1) is 18.5 Å². The van der Waals surface area contributed by atoms with Gasteiger partial charge in [0.25, 0.3) is 0 Å². The first-order valence-electron chi connectivity index (χ1n) is 8.36. The van der Waals surface area contributed by atoms with Crippen molar-refractivity contribution in [3.8, 4) is 0 Å². The highest BCUT2D eigenvalue weighted by molar-refractivity contribution is 5.78. The van der Waals surface area contributed by atoms with E-state index in [1.54, 1.807) is 10.9 Å². The van der Waals surface area contributed by atoms with E-state index in [0.29, 0.717) is 12.8 Å². The predicted molar refractivity (Wildman–Crippen MR) is 84.3 cm³/mol. The lowest BCUT2D eigenvalue weighted by atomic mass is 9.85. The minimum Gasteiger partial charge on any atom is -0.352 e. The molecule has 1 heterocycles. The average molecular weight is 346 g/mol. The van der Waals surface area contributed by atoms with Crippen LogP contribution in [0.3, 0.4) is 0 Å². The van der Waals surface area contributed by atoms with Gasteiger partial charge < -0.3 is 10.6 Å². The Balaban J connectivity index is 1.75. The Morgan fingerprint density at radius 2 is 2.12 bits per heavy atom. The standard InChI is InChI=1S/C16H25F3N4O/c1-11(12(2)23-8-4-7-21-23)20-10-15(24)22-14-6-3-5-13(9-14)16(17,18)19/h4,7-8,11-14,20H,3,5-6,9-10H2,1-2H3,(H,22,24)/t11-,12-,13-,14+/m0/s1. The molecule has 0 radical (unpaired) electrons.